The Labute approximate surface area is 168 Å². The molecule has 1 heterocycles. The van der Waals surface area contributed by atoms with Gasteiger partial charge in [-0.2, -0.15) is 0 Å². The van der Waals surface area contributed by atoms with E-state index in [-0.39, 0.29) is 23.8 Å². The van der Waals surface area contributed by atoms with Crippen molar-refractivity contribution in [1.29, 1.82) is 0 Å². The number of allylic oxidation sites excluding steroid dienone is 2. The van der Waals surface area contributed by atoms with Gasteiger partial charge in [-0.1, -0.05) is 42.5 Å². The highest BCUT2D eigenvalue weighted by atomic mass is 16.5. The van der Waals surface area contributed by atoms with Crippen LogP contribution in [0.3, 0.4) is 0 Å². The van der Waals surface area contributed by atoms with Crippen LogP contribution in [0.1, 0.15) is 31.2 Å². The third kappa shape index (κ3) is 7.69. The summed E-state index contributed by atoms with van der Waals surface area (Å²) in [7, 11) is 0. The molecule has 1 aromatic carbocycles. The standard InChI is InChI=1S/C23H31NO4/c1-3-5-12-22(25)27-17-20-15-24(14-19-10-8-7-9-11-19)16-21(20)18-28-23(26)13-6-4-2/h3-4,7-11,20-21H,1-2,5-6,12-18H2/t20-,21-/m1/s1. The minimum atomic E-state index is -0.205. The first-order valence-electron chi connectivity index (χ1n) is 9.91. The zero-order valence-electron chi connectivity index (χ0n) is 16.6. The van der Waals surface area contributed by atoms with E-state index >= 15 is 0 Å². The molecule has 1 aliphatic heterocycles. The van der Waals surface area contributed by atoms with Crippen molar-refractivity contribution in [3.63, 3.8) is 0 Å². The van der Waals surface area contributed by atoms with E-state index in [0.29, 0.717) is 38.9 Å². The number of hydrogen-bond acceptors (Lipinski definition) is 5. The number of rotatable bonds is 12. The summed E-state index contributed by atoms with van der Waals surface area (Å²) in [6, 6.07) is 10.3. The first kappa shape index (κ1) is 21.9. The zero-order chi connectivity index (χ0) is 20.2. The molecule has 0 unspecified atom stereocenters. The Kier molecular flexibility index (Phi) is 9.49. The molecule has 1 fully saturated rings. The van der Waals surface area contributed by atoms with E-state index in [0.717, 1.165) is 19.6 Å². The Morgan fingerprint density at radius 1 is 0.929 bits per heavy atom. The molecule has 0 bridgehead atoms. The van der Waals surface area contributed by atoms with Crippen LogP contribution in [0.2, 0.25) is 0 Å². The van der Waals surface area contributed by atoms with Gasteiger partial charge >= 0.3 is 11.9 Å². The average molecular weight is 386 g/mol. The second-order valence-electron chi connectivity index (χ2n) is 7.22. The number of benzene rings is 1. The molecule has 152 valence electrons. The number of hydrogen-bond donors (Lipinski definition) is 0. The van der Waals surface area contributed by atoms with Crippen molar-refractivity contribution in [3.05, 3.63) is 61.2 Å². The SMILES string of the molecule is C=CCCC(=O)OC[C@H]1CN(Cc2ccccc2)C[C@@H]1COC(=O)CCC=C. The normalized spacial score (nSPS) is 19.1. The topological polar surface area (TPSA) is 55.8 Å². The smallest absolute Gasteiger partial charge is 0.306 e. The number of nitrogens with zero attached hydrogens (tertiary/aromatic N) is 1. The van der Waals surface area contributed by atoms with Crippen LogP contribution in [0, 0.1) is 11.8 Å². The molecule has 2 atom stereocenters. The molecule has 28 heavy (non-hydrogen) atoms. The molecular formula is C23H31NO4. The number of ether oxygens (including phenoxy) is 2. The van der Waals surface area contributed by atoms with Gasteiger partial charge in [0.25, 0.3) is 0 Å². The monoisotopic (exact) mass is 385 g/mol. The lowest BCUT2D eigenvalue weighted by Crippen LogP contribution is -2.25. The molecule has 1 saturated heterocycles. The molecule has 5 nitrogen and oxygen atoms in total. The molecule has 0 aromatic heterocycles. The first-order valence-corrected chi connectivity index (χ1v) is 9.91. The van der Waals surface area contributed by atoms with E-state index in [2.05, 4.69) is 30.2 Å². The molecule has 0 amide bonds. The fraction of sp³-hybridized carbons (Fsp3) is 0.478. The fourth-order valence-corrected chi connectivity index (χ4v) is 3.37. The van der Waals surface area contributed by atoms with Crippen LogP contribution in [0.25, 0.3) is 0 Å². The average Bonchev–Trinajstić information content (AvgIpc) is 3.09. The Bertz CT molecular complexity index is 607. The molecule has 0 radical (unpaired) electrons. The predicted molar refractivity (Wildman–Crippen MR) is 109 cm³/mol. The third-order valence-corrected chi connectivity index (χ3v) is 4.92. The van der Waals surface area contributed by atoms with Crippen LogP contribution >= 0.6 is 0 Å². The maximum atomic E-state index is 11.8. The highest BCUT2D eigenvalue weighted by molar-refractivity contribution is 5.69. The lowest BCUT2D eigenvalue weighted by atomic mass is 9.98. The quantitative estimate of drug-likeness (QED) is 0.405. The van der Waals surface area contributed by atoms with Crippen LogP contribution < -0.4 is 0 Å². The summed E-state index contributed by atoms with van der Waals surface area (Å²) in [5.74, 6) is -0.0986. The molecule has 0 N–H and O–H groups in total. The van der Waals surface area contributed by atoms with Gasteiger partial charge in [-0.15, -0.1) is 13.2 Å². The molecule has 1 aliphatic rings. The zero-order valence-corrected chi connectivity index (χ0v) is 16.6. The Morgan fingerprint density at radius 2 is 1.43 bits per heavy atom. The van der Waals surface area contributed by atoms with E-state index in [4.69, 9.17) is 9.47 Å². The van der Waals surface area contributed by atoms with Crippen molar-refractivity contribution in [2.45, 2.75) is 32.2 Å². The van der Waals surface area contributed by atoms with Crippen molar-refractivity contribution >= 4 is 11.9 Å². The summed E-state index contributed by atoms with van der Waals surface area (Å²) in [5.41, 5.74) is 1.24. The molecule has 0 aliphatic carbocycles. The highest BCUT2D eigenvalue weighted by Crippen LogP contribution is 2.26. The van der Waals surface area contributed by atoms with Gasteiger partial charge in [-0.3, -0.25) is 14.5 Å². The summed E-state index contributed by atoms with van der Waals surface area (Å²) in [5, 5.41) is 0. The van der Waals surface area contributed by atoms with E-state index in [1.807, 2.05) is 18.2 Å². The van der Waals surface area contributed by atoms with Crippen LogP contribution in [-0.4, -0.2) is 43.1 Å². The van der Waals surface area contributed by atoms with Crippen LogP contribution in [-0.2, 0) is 25.6 Å². The van der Waals surface area contributed by atoms with E-state index in [1.54, 1.807) is 12.2 Å². The van der Waals surface area contributed by atoms with E-state index < -0.39 is 0 Å². The van der Waals surface area contributed by atoms with Gasteiger partial charge in [0, 0.05) is 44.3 Å². The van der Waals surface area contributed by atoms with Crippen LogP contribution in [0.15, 0.2) is 55.6 Å². The van der Waals surface area contributed by atoms with Crippen molar-refractivity contribution in [2.24, 2.45) is 11.8 Å². The van der Waals surface area contributed by atoms with Gasteiger partial charge in [-0.05, 0) is 18.4 Å². The second-order valence-corrected chi connectivity index (χ2v) is 7.22. The summed E-state index contributed by atoms with van der Waals surface area (Å²) in [4.78, 5) is 26.0. The molecule has 5 heteroatoms. The number of carbonyl (C=O) groups excluding carboxylic acids is 2. The van der Waals surface area contributed by atoms with Gasteiger partial charge < -0.3 is 9.47 Å². The maximum absolute atomic E-state index is 11.8. The second kappa shape index (κ2) is 12.1. The minimum Gasteiger partial charge on any atom is -0.465 e. The van der Waals surface area contributed by atoms with E-state index in [1.165, 1.54) is 5.56 Å². The molecule has 0 saturated carbocycles. The number of carbonyl (C=O) groups is 2. The van der Waals surface area contributed by atoms with Crippen LogP contribution in [0.5, 0.6) is 0 Å². The van der Waals surface area contributed by atoms with Crippen molar-refractivity contribution in [3.8, 4) is 0 Å². The van der Waals surface area contributed by atoms with Crippen molar-refractivity contribution in [1.82, 2.24) is 4.90 Å². The Balaban J connectivity index is 1.89. The summed E-state index contributed by atoms with van der Waals surface area (Å²) in [6.07, 6.45) is 5.37. The molecule has 1 aromatic rings. The van der Waals surface area contributed by atoms with Gasteiger partial charge in [-0.25, -0.2) is 0 Å². The fourth-order valence-electron chi connectivity index (χ4n) is 3.37. The Morgan fingerprint density at radius 3 is 1.89 bits per heavy atom. The van der Waals surface area contributed by atoms with Gasteiger partial charge in [0.2, 0.25) is 0 Å². The molecular weight excluding hydrogens is 354 g/mol. The van der Waals surface area contributed by atoms with Crippen molar-refractivity contribution in [2.75, 3.05) is 26.3 Å². The van der Waals surface area contributed by atoms with E-state index in [9.17, 15) is 9.59 Å². The maximum Gasteiger partial charge on any atom is 0.306 e. The summed E-state index contributed by atoms with van der Waals surface area (Å²) < 4.78 is 10.9. The van der Waals surface area contributed by atoms with Crippen LogP contribution in [0.4, 0.5) is 0 Å². The third-order valence-electron chi connectivity index (χ3n) is 4.92. The lowest BCUT2D eigenvalue weighted by Gasteiger charge is -2.18. The van der Waals surface area contributed by atoms with Gasteiger partial charge in [0.1, 0.15) is 0 Å². The minimum absolute atomic E-state index is 0.156. The lowest BCUT2D eigenvalue weighted by molar-refractivity contribution is -0.148. The number of esters is 2. The molecule has 2 rings (SSSR count). The van der Waals surface area contributed by atoms with Crippen molar-refractivity contribution < 1.29 is 19.1 Å². The number of likely N-dealkylation sites (tertiary alicyclic amines) is 1. The predicted octanol–water partition coefficient (Wildman–Crippen LogP) is 3.75. The highest BCUT2D eigenvalue weighted by Gasteiger charge is 2.34. The Hall–Kier alpha value is -2.40. The summed E-state index contributed by atoms with van der Waals surface area (Å²) >= 11 is 0. The van der Waals surface area contributed by atoms with Gasteiger partial charge in [0.05, 0.1) is 13.2 Å². The largest absolute Gasteiger partial charge is 0.465 e. The van der Waals surface area contributed by atoms with Gasteiger partial charge in [0.15, 0.2) is 0 Å². The summed E-state index contributed by atoms with van der Waals surface area (Å²) in [6.45, 7) is 10.4. The first-order chi connectivity index (χ1) is 13.6. The molecule has 0 spiro atoms.